The van der Waals surface area contributed by atoms with E-state index in [9.17, 15) is 4.79 Å². The van der Waals surface area contributed by atoms with Gasteiger partial charge in [-0.2, -0.15) is 0 Å². The molecule has 4 N–H and O–H groups in total. The fourth-order valence-electron chi connectivity index (χ4n) is 1.34. The number of hydrogen-bond acceptors (Lipinski definition) is 4. The van der Waals surface area contributed by atoms with Gasteiger partial charge in [0.05, 0.1) is 5.69 Å². The minimum atomic E-state index is -0.129. The number of anilines is 1. The number of nitrogens with zero attached hydrogens (tertiary/aromatic N) is 1. The Labute approximate surface area is 76.4 Å². The van der Waals surface area contributed by atoms with Crippen LogP contribution in [0.15, 0.2) is 4.79 Å². The van der Waals surface area contributed by atoms with Gasteiger partial charge >= 0.3 is 0 Å². The summed E-state index contributed by atoms with van der Waals surface area (Å²) in [6.07, 6.45) is 0. The number of nitrogens with one attached hydrogen (secondary N) is 2. The van der Waals surface area contributed by atoms with Crippen molar-refractivity contribution < 1.29 is 0 Å². The first-order valence-electron chi connectivity index (χ1n) is 4.13. The fraction of sp³-hybridized carbons (Fsp3) is 0.500. The Kier molecular flexibility index (Phi) is 2.67. The van der Waals surface area contributed by atoms with E-state index in [0.717, 1.165) is 0 Å². The SMILES string of the molecule is Cc1nc(NN)[nH]c(=O)c1C(C)C. The minimum Gasteiger partial charge on any atom is -0.294 e. The fourth-order valence-corrected chi connectivity index (χ4v) is 1.34. The molecule has 0 aromatic carbocycles. The number of nitrogen functional groups attached to an aromatic ring is 1. The van der Waals surface area contributed by atoms with Crippen LogP contribution in [0.2, 0.25) is 0 Å². The second-order valence-corrected chi connectivity index (χ2v) is 3.21. The predicted molar refractivity (Wildman–Crippen MR) is 51.5 cm³/mol. The zero-order valence-corrected chi connectivity index (χ0v) is 8.01. The molecule has 0 atom stereocenters. The molecule has 1 rings (SSSR count). The first-order chi connectivity index (χ1) is 6.06. The van der Waals surface area contributed by atoms with E-state index in [1.165, 1.54) is 0 Å². The summed E-state index contributed by atoms with van der Waals surface area (Å²) < 4.78 is 0. The van der Waals surface area contributed by atoms with E-state index >= 15 is 0 Å². The van der Waals surface area contributed by atoms with Crippen LogP contribution in [0.5, 0.6) is 0 Å². The lowest BCUT2D eigenvalue weighted by molar-refractivity contribution is 0.813. The average Bonchev–Trinajstić information content (AvgIpc) is 2.02. The molecule has 13 heavy (non-hydrogen) atoms. The highest BCUT2D eigenvalue weighted by molar-refractivity contribution is 5.29. The van der Waals surface area contributed by atoms with E-state index in [0.29, 0.717) is 17.2 Å². The molecule has 0 radical (unpaired) electrons. The second-order valence-electron chi connectivity index (χ2n) is 3.21. The van der Waals surface area contributed by atoms with E-state index < -0.39 is 0 Å². The molecule has 1 heterocycles. The Morgan fingerprint density at radius 1 is 1.54 bits per heavy atom. The first kappa shape index (κ1) is 9.73. The zero-order valence-electron chi connectivity index (χ0n) is 8.01. The van der Waals surface area contributed by atoms with Gasteiger partial charge in [-0.05, 0) is 12.8 Å². The third kappa shape index (κ3) is 1.86. The topological polar surface area (TPSA) is 83.8 Å². The molecule has 0 spiro atoms. The Hall–Kier alpha value is -1.36. The quantitative estimate of drug-likeness (QED) is 0.459. The number of aromatic amines is 1. The summed E-state index contributed by atoms with van der Waals surface area (Å²) in [5, 5.41) is 0. The monoisotopic (exact) mass is 182 g/mol. The van der Waals surface area contributed by atoms with Gasteiger partial charge in [-0.1, -0.05) is 13.8 Å². The molecule has 0 aliphatic heterocycles. The largest absolute Gasteiger partial charge is 0.294 e. The van der Waals surface area contributed by atoms with Gasteiger partial charge in [-0.15, -0.1) is 0 Å². The summed E-state index contributed by atoms with van der Waals surface area (Å²) in [7, 11) is 0. The standard InChI is InChI=1S/C8H14N4O/c1-4(2)6-5(3)10-8(12-9)11-7(6)13/h4H,9H2,1-3H3,(H2,10,11,12,13). The highest BCUT2D eigenvalue weighted by Gasteiger charge is 2.10. The Morgan fingerprint density at radius 3 is 2.54 bits per heavy atom. The molecule has 0 amide bonds. The molecule has 1 aromatic heterocycles. The van der Waals surface area contributed by atoms with Crippen molar-refractivity contribution in [3.63, 3.8) is 0 Å². The normalized spacial score (nSPS) is 10.5. The Morgan fingerprint density at radius 2 is 2.15 bits per heavy atom. The maximum Gasteiger partial charge on any atom is 0.256 e. The van der Waals surface area contributed by atoms with Gasteiger partial charge < -0.3 is 0 Å². The number of aryl methyl sites for hydroxylation is 1. The summed E-state index contributed by atoms with van der Waals surface area (Å²) in [6, 6.07) is 0. The van der Waals surface area contributed by atoms with Crippen LogP contribution < -0.4 is 16.8 Å². The van der Waals surface area contributed by atoms with Crippen molar-refractivity contribution in [2.45, 2.75) is 26.7 Å². The van der Waals surface area contributed by atoms with Gasteiger partial charge in [0, 0.05) is 5.56 Å². The maximum absolute atomic E-state index is 11.5. The van der Waals surface area contributed by atoms with Crippen LogP contribution in [0, 0.1) is 6.92 Å². The van der Waals surface area contributed by atoms with E-state index in [1.54, 1.807) is 6.92 Å². The molecule has 5 heteroatoms. The van der Waals surface area contributed by atoms with Crippen LogP contribution in [0.25, 0.3) is 0 Å². The van der Waals surface area contributed by atoms with Gasteiger partial charge in [0.2, 0.25) is 5.95 Å². The lowest BCUT2D eigenvalue weighted by Gasteiger charge is -2.08. The number of hydrazine groups is 1. The van der Waals surface area contributed by atoms with Crippen LogP contribution in [0.1, 0.15) is 31.0 Å². The van der Waals surface area contributed by atoms with Crippen LogP contribution in [-0.2, 0) is 0 Å². The van der Waals surface area contributed by atoms with Gasteiger partial charge in [0.15, 0.2) is 0 Å². The van der Waals surface area contributed by atoms with E-state index in [1.807, 2.05) is 13.8 Å². The van der Waals surface area contributed by atoms with Gasteiger partial charge in [0.1, 0.15) is 0 Å². The molecule has 0 aliphatic carbocycles. The van der Waals surface area contributed by atoms with Crippen molar-refractivity contribution in [3.8, 4) is 0 Å². The summed E-state index contributed by atoms with van der Waals surface area (Å²) in [6.45, 7) is 5.70. The number of aromatic nitrogens is 2. The lowest BCUT2D eigenvalue weighted by atomic mass is 10.0. The number of H-pyrrole nitrogens is 1. The molecule has 5 nitrogen and oxygen atoms in total. The van der Waals surface area contributed by atoms with Crippen molar-refractivity contribution in [1.82, 2.24) is 9.97 Å². The average molecular weight is 182 g/mol. The summed E-state index contributed by atoms with van der Waals surface area (Å²) in [5.74, 6) is 5.60. The highest BCUT2D eigenvalue weighted by Crippen LogP contribution is 2.12. The third-order valence-electron chi connectivity index (χ3n) is 1.86. The molecule has 0 aliphatic rings. The predicted octanol–water partition coefficient (Wildman–Crippen LogP) is 0.487. The highest BCUT2D eigenvalue weighted by atomic mass is 16.1. The maximum atomic E-state index is 11.5. The van der Waals surface area contributed by atoms with Gasteiger partial charge in [-0.25, -0.2) is 10.8 Å². The van der Waals surface area contributed by atoms with Crippen molar-refractivity contribution in [2.24, 2.45) is 5.84 Å². The van der Waals surface area contributed by atoms with Crippen LogP contribution in [0.3, 0.4) is 0 Å². The van der Waals surface area contributed by atoms with E-state index in [4.69, 9.17) is 5.84 Å². The number of hydrogen-bond donors (Lipinski definition) is 3. The third-order valence-corrected chi connectivity index (χ3v) is 1.86. The first-order valence-corrected chi connectivity index (χ1v) is 4.13. The Balaban J connectivity index is 3.32. The zero-order chi connectivity index (χ0) is 10.0. The second kappa shape index (κ2) is 3.57. The van der Waals surface area contributed by atoms with Gasteiger partial charge in [-0.3, -0.25) is 15.2 Å². The molecule has 0 saturated heterocycles. The summed E-state index contributed by atoms with van der Waals surface area (Å²) >= 11 is 0. The van der Waals surface area contributed by atoms with Crippen LogP contribution in [-0.4, -0.2) is 9.97 Å². The molecule has 0 saturated carbocycles. The molecule has 1 aromatic rings. The van der Waals surface area contributed by atoms with Crippen LogP contribution in [0.4, 0.5) is 5.95 Å². The Bertz CT molecular complexity index is 356. The molecule has 0 fully saturated rings. The number of rotatable bonds is 2. The molecule has 0 unspecified atom stereocenters. The smallest absolute Gasteiger partial charge is 0.256 e. The van der Waals surface area contributed by atoms with Crippen molar-refractivity contribution in [2.75, 3.05) is 5.43 Å². The van der Waals surface area contributed by atoms with E-state index in [-0.39, 0.29) is 11.5 Å². The minimum absolute atomic E-state index is 0.129. The number of nitrogens with two attached hydrogens (primary N) is 1. The molecular weight excluding hydrogens is 168 g/mol. The molecule has 0 bridgehead atoms. The molecular formula is C8H14N4O. The lowest BCUT2D eigenvalue weighted by Crippen LogP contribution is -2.22. The van der Waals surface area contributed by atoms with Gasteiger partial charge in [0.25, 0.3) is 5.56 Å². The van der Waals surface area contributed by atoms with Crippen molar-refractivity contribution in [3.05, 3.63) is 21.6 Å². The van der Waals surface area contributed by atoms with Crippen molar-refractivity contribution in [1.29, 1.82) is 0 Å². The molecule has 72 valence electrons. The summed E-state index contributed by atoms with van der Waals surface area (Å²) in [5.41, 5.74) is 3.60. The van der Waals surface area contributed by atoms with Crippen molar-refractivity contribution >= 4 is 5.95 Å². The summed E-state index contributed by atoms with van der Waals surface area (Å²) in [4.78, 5) is 18.1. The van der Waals surface area contributed by atoms with Crippen LogP contribution >= 0.6 is 0 Å². The van der Waals surface area contributed by atoms with E-state index in [2.05, 4.69) is 15.4 Å².